The molecule has 3 heteroatoms. The van der Waals surface area contributed by atoms with Gasteiger partial charge in [-0.2, -0.15) is 5.26 Å². The van der Waals surface area contributed by atoms with Gasteiger partial charge in [0.15, 0.2) is 0 Å². The van der Waals surface area contributed by atoms with Crippen molar-refractivity contribution in [3.8, 4) is 6.07 Å². The maximum absolute atomic E-state index is 9.01. The average molecular weight is 167 g/mol. The van der Waals surface area contributed by atoms with Crippen LogP contribution < -0.4 is 0 Å². The van der Waals surface area contributed by atoms with Crippen molar-refractivity contribution in [1.82, 2.24) is 0 Å². The van der Waals surface area contributed by atoms with E-state index in [-0.39, 0.29) is 6.10 Å². The molecule has 0 bridgehead atoms. The normalized spacial score (nSPS) is 12.5. The molecule has 0 aliphatic rings. The Hall–Kier alpha value is -0.850. The summed E-state index contributed by atoms with van der Waals surface area (Å²) in [6.07, 6.45) is 0.326. The van der Waals surface area contributed by atoms with E-state index in [1.54, 1.807) is 12.3 Å². The molecule has 1 aromatic rings. The minimum atomic E-state index is -0.319. The molecule has 1 heterocycles. The van der Waals surface area contributed by atoms with E-state index in [4.69, 9.17) is 10.4 Å². The Bertz CT molecular complexity index is 272. The fraction of sp³-hybridized carbons (Fsp3) is 0.375. The molecule has 0 amide bonds. The molecule has 1 atom stereocenters. The van der Waals surface area contributed by atoms with Crippen LogP contribution >= 0.6 is 11.3 Å². The second-order valence-corrected chi connectivity index (χ2v) is 3.46. The van der Waals surface area contributed by atoms with Crippen molar-refractivity contribution in [3.05, 3.63) is 21.9 Å². The minimum absolute atomic E-state index is 0.319. The molecule has 0 aliphatic carbocycles. The number of nitrogens with zero attached hydrogens (tertiary/aromatic N) is 1. The summed E-state index contributed by atoms with van der Waals surface area (Å²) in [4.78, 5) is 1.07. The van der Waals surface area contributed by atoms with Crippen molar-refractivity contribution in [2.75, 3.05) is 0 Å². The van der Waals surface area contributed by atoms with E-state index in [0.29, 0.717) is 12.0 Å². The lowest BCUT2D eigenvalue weighted by Crippen LogP contribution is -2.01. The summed E-state index contributed by atoms with van der Waals surface area (Å²) in [7, 11) is 0. The summed E-state index contributed by atoms with van der Waals surface area (Å²) in [5, 5.41) is 19.3. The Morgan fingerprint density at radius 3 is 3.00 bits per heavy atom. The minimum Gasteiger partial charge on any atom is -0.393 e. The lowest BCUT2D eigenvalue weighted by molar-refractivity contribution is 0.196. The van der Waals surface area contributed by atoms with Crippen molar-refractivity contribution in [1.29, 1.82) is 5.26 Å². The van der Waals surface area contributed by atoms with Gasteiger partial charge in [-0.1, -0.05) is 0 Å². The zero-order valence-electron chi connectivity index (χ0n) is 6.24. The zero-order valence-corrected chi connectivity index (χ0v) is 7.06. The SMILES string of the molecule is CC(O)Cc1cc(C#N)cs1. The topological polar surface area (TPSA) is 44.0 Å². The van der Waals surface area contributed by atoms with Gasteiger partial charge in [-0.05, 0) is 13.0 Å². The summed E-state index contributed by atoms with van der Waals surface area (Å²) in [5.74, 6) is 0. The first-order chi connectivity index (χ1) is 5.22. The number of aliphatic hydroxyl groups excluding tert-OH is 1. The highest BCUT2D eigenvalue weighted by molar-refractivity contribution is 7.10. The van der Waals surface area contributed by atoms with Crippen molar-refractivity contribution >= 4 is 11.3 Å². The van der Waals surface area contributed by atoms with Gasteiger partial charge >= 0.3 is 0 Å². The summed E-state index contributed by atoms with van der Waals surface area (Å²) >= 11 is 1.52. The van der Waals surface area contributed by atoms with Crippen LogP contribution in [0.15, 0.2) is 11.4 Å². The standard InChI is InChI=1S/C8H9NOS/c1-6(10)2-8-3-7(4-9)5-11-8/h3,5-6,10H,2H2,1H3. The Kier molecular flexibility index (Phi) is 2.64. The smallest absolute Gasteiger partial charge is 0.100 e. The molecule has 0 spiro atoms. The summed E-state index contributed by atoms with van der Waals surface area (Å²) in [6, 6.07) is 3.87. The molecule has 0 saturated carbocycles. The highest BCUT2D eigenvalue weighted by Gasteiger charge is 2.01. The van der Waals surface area contributed by atoms with Gasteiger partial charge in [0, 0.05) is 16.7 Å². The number of thiophene rings is 1. The lowest BCUT2D eigenvalue weighted by Gasteiger charge is -1.98. The van der Waals surface area contributed by atoms with E-state index >= 15 is 0 Å². The van der Waals surface area contributed by atoms with Gasteiger partial charge in [-0.15, -0.1) is 11.3 Å². The molecule has 58 valence electrons. The molecule has 0 fully saturated rings. The van der Waals surface area contributed by atoms with Crippen LogP contribution in [0, 0.1) is 11.3 Å². The molecule has 0 aromatic carbocycles. The van der Waals surface area contributed by atoms with Gasteiger partial charge in [0.25, 0.3) is 0 Å². The average Bonchev–Trinajstić information content (AvgIpc) is 2.34. The molecule has 0 aliphatic heterocycles. The van der Waals surface area contributed by atoms with Crippen LogP contribution in [0.2, 0.25) is 0 Å². The monoisotopic (exact) mass is 167 g/mol. The highest BCUT2D eigenvalue weighted by Crippen LogP contribution is 2.15. The predicted molar refractivity (Wildman–Crippen MR) is 44.4 cm³/mol. The number of nitriles is 1. The molecule has 0 saturated heterocycles. The second-order valence-electron chi connectivity index (χ2n) is 2.47. The quantitative estimate of drug-likeness (QED) is 0.726. The van der Waals surface area contributed by atoms with Gasteiger partial charge in [0.2, 0.25) is 0 Å². The molecule has 11 heavy (non-hydrogen) atoms. The van der Waals surface area contributed by atoms with E-state index in [1.807, 2.05) is 12.1 Å². The molecule has 2 nitrogen and oxygen atoms in total. The van der Waals surface area contributed by atoms with Crippen LogP contribution in [0.3, 0.4) is 0 Å². The number of hydrogen-bond acceptors (Lipinski definition) is 3. The number of rotatable bonds is 2. The summed E-state index contributed by atoms with van der Waals surface area (Å²) in [6.45, 7) is 1.74. The van der Waals surface area contributed by atoms with Crippen molar-refractivity contribution in [3.63, 3.8) is 0 Å². The van der Waals surface area contributed by atoms with Crippen LogP contribution in [-0.2, 0) is 6.42 Å². The van der Waals surface area contributed by atoms with Gasteiger partial charge in [0.1, 0.15) is 6.07 Å². The first kappa shape index (κ1) is 8.25. The third-order valence-electron chi connectivity index (χ3n) is 1.28. The molecule has 0 radical (unpaired) electrons. The first-order valence-corrected chi connectivity index (χ1v) is 4.26. The van der Waals surface area contributed by atoms with Crippen LogP contribution in [0.4, 0.5) is 0 Å². The molecule has 1 N–H and O–H groups in total. The summed E-state index contributed by atoms with van der Waals surface area (Å²) in [5.41, 5.74) is 0.686. The van der Waals surface area contributed by atoms with E-state index < -0.39 is 0 Å². The highest BCUT2D eigenvalue weighted by atomic mass is 32.1. The van der Waals surface area contributed by atoms with Crippen molar-refractivity contribution in [2.45, 2.75) is 19.4 Å². The van der Waals surface area contributed by atoms with E-state index in [2.05, 4.69) is 0 Å². The van der Waals surface area contributed by atoms with Crippen molar-refractivity contribution < 1.29 is 5.11 Å². The Morgan fingerprint density at radius 2 is 2.55 bits per heavy atom. The Morgan fingerprint density at radius 1 is 1.82 bits per heavy atom. The third kappa shape index (κ3) is 2.34. The molecule has 1 rings (SSSR count). The van der Waals surface area contributed by atoms with Crippen molar-refractivity contribution in [2.24, 2.45) is 0 Å². The largest absolute Gasteiger partial charge is 0.393 e. The maximum Gasteiger partial charge on any atom is 0.100 e. The van der Waals surface area contributed by atoms with Crippen LogP contribution in [-0.4, -0.2) is 11.2 Å². The van der Waals surface area contributed by atoms with Crippen LogP contribution in [0.1, 0.15) is 17.4 Å². The van der Waals surface area contributed by atoms with Crippen LogP contribution in [0.25, 0.3) is 0 Å². The fourth-order valence-corrected chi connectivity index (χ4v) is 1.77. The van der Waals surface area contributed by atoms with E-state index in [9.17, 15) is 0 Å². The zero-order chi connectivity index (χ0) is 8.27. The maximum atomic E-state index is 9.01. The van der Waals surface area contributed by atoms with Gasteiger partial charge in [-0.25, -0.2) is 0 Å². The Labute approximate surface area is 69.7 Å². The molecule has 1 unspecified atom stereocenters. The Balaban J connectivity index is 2.67. The number of aliphatic hydroxyl groups is 1. The predicted octanol–water partition coefficient (Wildman–Crippen LogP) is 1.54. The van der Waals surface area contributed by atoms with Gasteiger partial charge in [-0.3, -0.25) is 0 Å². The fourth-order valence-electron chi connectivity index (χ4n) is 0.837. The van der Waals surface area contributed by atoms with Crippen LogP contribution in [0.5, 0.6) is 0 Å². The molecular weight excluding hydrogens is 158 g/mol. The van der Waals surface area contributed by atoms with E-state index in [1.165, 1.54) is 11.3 Å². The van der Waals surface area contributed by atoms with Gasteiger partial charge in [0.05, 0.1) is 11.7 Å². The first-order valence-electron chi connectivity index (χ1n) is 3.38. The van der Waals surface area contributed by atoms with Gasteiger partial charge < -0.3 is 5.11 Å². The lowest BCUT2D eigenvalue weighted by atomic mass is 10.2. The molecule has 1 aromatic heterocycles. The third-order valence-corrected chi connectivity index (χ3v) is 2.24. The number of hydrogen-bond donors (Lipinski definition) is 1. The molecular formula is C8H9NOS. The second kappa shape index (κ2) is 3.51. The van der Waals surface area contributed by atoms with E-state index in [0.717, 1.165) is 4.88 Å². The summed E-state index contributed by atoms with van der Waals surface area (Å²) < 4.78 is 0.